The van der Waals surface area contributed by atoms with Gasteiger partial charge >= 0.3 is 6.03 Å². The summed E-state index contributed by atoms with van der Waals surface area (Å²) in [5, 5.41) is 15.3. The van der Waals surface area contributed by atoms with Crippen LogP contribution in [0, 0.1) is 6.92 Å². The van der Waals surface area contributed by atoms with Crippen molar-refractivity contribution >= 4 is 23.3 Å². The van der Waals surface area contributed by atoms with Gasteiger partial charge in [-0.05, 0) is 38.5 Å². The molecule has 1 rings (SSSR count). The van der Waals surface area contributed by atoms with E-state index in [9.17, 15) is 9.90 Å². The van der Waals surface area contributed by atoms with Crippen LogP contribution >= 0.6 is 11.6 Å². The van der Waals surface area contributed by atoms with E-state index in [4.69, 9.17) is 11.6 Å². The average molecular weight is 257 g/mol. The van der Waals surface area contributed by atoms with E-state index in [1.165, 1.54) is 0 Å². The third-order valence-electron chi connectivity index (χ3n) is 2.11. The predicted octanol–water partition coefficient (Wildman–Crippen LogP) is 2.54. The standard InChI is InChI=1S/C12H17ClN2O2/c1-8-4-5-9(6-10(8)13)15-11(16)14-7-12(2,3)17/h4-6,17H,7H2,1-3H3,(H2,14,15,16). The average Bonchev–Trinajstić information content (AvgIpc) is 2.20. The Hall–Kier alpha value is -1.26. The zero-order chi connectivity index (χ0) is 13.1. The molecule has 3 N–H and O–H groups in total. The summed E-state index contributed by atoms with van der Waals surface area (Å²) < 4.78 is 0. The number of anilines is 1. The largest absolute Gasteiger partial charge is 0.389 e. The van der Waals surface area contributed by atoms with Gasteiger partial charge in [0.2, 0.25) is 0 Å². The van der Waals surface area contributed by atoms with E-state index in [1.807, 2.05) is 13.0 Å². The molecule has 0 aliphatic heterocycles. The topological polar surface area (TPSA) is 61.4 Å². The first-order chi connectivity index (χ1) is 7.78. The van der Waals surface area contributed by atoms with Gasteiger partial charge in [-0.1, -0.05) is 17.7 Å². The molecule has 0 bridgehead atoms. The summed E-state index contributed by atoms with van der Waals surface area (Å²) in [6.07, 6.45) is 0. The van der Waals surface area contributed by atoms with Gasteiger partial charge in [-0.15, -0.1) is 0 Å². The third-order valence-corrected chi connectivity index (χ3v) is 2.52. The Morgan fingerprint density at radius 1 is 1.47 bits per heavy atom. The molecule has 4 nitrogen and oxygen atoms in total. The van der Waals surface area contributed by atoms with Crippen molar-refractivity contribution in [2.45, 2.75) is 26.4 Å². The van der Waals surface area contributed by atoms with E-state index in [-0.39, 0.29) is 12.6 Å². The lowest BCUT2D eigenvalue weighted by atomic mass is 10.1. The van der Waals surface area contributed by atoms with Crippen LogP contribution in [0.5, 0.6) is 0 Å². The molecular formula is C12H17ClN2O2. The fourth-order valence-corrected chi connectivity index (χ4v) is 1.32. The molecule has 0 spiro atoms. The quantitative estimate of drug-likeness (QED) is 0.778. The van der Waals surface area contributed by atoms with E-state index in [1.54, 1.807) is 26.0 Å². The summed E-state index contributed by atoms with van der Waals surface area (Å²) in [5.41, 5.74) is 0.644. The minimum atomic E-state index is -0.928. The van der Waals surface area contributed by atoms with Crippen LogP contribution in [0.1, 0.15) is 19.4 Å². The van der Waals surface area contributed by atoms with Crippen LogP contribution < -0.4 is 10.6 Å². The van der Waals surface area contributed by atoms with Crippen LogP contribution in [0.3, 0.4) is 0 Å². The normalized spacial score (nSPS) is 11.1. The molecule has 94 valence electrons. The number of halogens is 1. The molecule has 17 heavy (non-hydrogen) atoms. The van der Waals surface area contributed by atoms with E-state index >= 15 is 0 Å². The van der Waals surface area contributed by atoms with Crippen LogP contribution in [0.4, 0.5) is 10.5 Å². The van der Waals surface area contributed by atoms with Crippen molar-refractivity contribution in [1.29, 1.82) is 0 Å². The number of benzene rings is 1. The molecule has 0 heterocycles. The Labute approximate surface area is 106 Å². The smallest absolute Gasteiger partial charge is 0.319 e. The van der Waals surface area contributed by atoms with Gasteiger partial charge in [0.15, 0.2) is 0 Å². The summed E-state index contributed by atoms with van der Waals surface area (Å²) >= 11 is 5.94. The van der Waals surface area contributed by atoms with Gasteiger partial charge in [-0.3, -0.25) is 0 Å². The maximum absolute atomic E-state index is 11.5. The number of carbonyl (C=O) groups excluding carboxylic acids is 1. The number of urea groups is 1. The van der Waals surface area contributed by atoms with Crippen molar-refractivity contribution in [2.24, 2.45) is 0 Å². The number of hydrogen-bond donors (Lipinski definition) is 3. The second-order valence-electron chi connectivity index (χ2n) is 4.58. The van der Waals surface area contributed by atoms with E-state index in [0.29, 0.717) is 10.7 Å². The van der Waals surface area contributed by atoms with Crippen LogP contribution in [0.25, 0.3) is 0 Å². The van der Waals surface area contributed by atoms with Crippen LogP contribution in [-0.4, -0.2) is 23.3 Å². The maximum Gasteiger partial charge on any atom is 0.319 e. The summed E-state index contributed by atoms with van der Waals surface area (Å²) in [6, 6.07) is 4.91. The Kier molecular flexibility index (Phi) is 4.37. The molecule has 1 aromatic carbocycles. The zero-order valence-corrected chi connectivity index (χ0v) is 10.9. The lowest BCUT2D eigenvalue weighted by molar-refractivity contribution is 0.0826. The molecule has 0 atom stereocenters. The number of aliphatic hydroxyl groups is 1. The van der Waals surface area contributed by atoms with Crippen molar-refractivity contribution < 1.29 is 9.90 Å². The van der Waals surface area contributed by atoms with Gasteiger partial charge in [0, 0.05) is 17.3 Å². The highest BCUT2D eigenvalue weighted by Gasteiger charge is 2.13. The number of amides is 2. The summed E-state index contributed by atoms with van der Waals surface area (Å²) in [7, 11) is 0. The molecule has 0 aliphatic carbocycles. The van der Waals surface area contributed by atoms with Crippen molar-refractivity contribution in [3.05, 3.63) is 28.8 Å². The highest BCUT2D eigenvalue weighted by Crippen LogP contribution is 2.19. The summed E-state index contributed by atoms with van der Waals surface area (Å²) in [4.78, 5) is 11.5. The number of nitrogens with one attached hydrogen (secondary N) is 2. The Morgan fingerprint density at radius 3 is 2.65 bits per heavy atom. The number of hydrogen-bond acceptors (Lipinski definition) is 2. The molecule has 0 fully saturated rings. The van der Waals surface area contributed by atoms with Crippen molar-refractivity contribution in [2.75, 3.05) is 11.9 Å². The van der Waals surface area contributed by atoms with Gasteiger partial charge < -0.3 is 15.7 Å². The second-order valence-corrected chi connectivity index (χ2v) is 4.99. The monoisotopic (exact) mass is 256 g/mol. The first-order valence-corrected chi connectivity index (χ1v) is 5.69. The van der Waals surface area contributed by atoms with Crippen molar-refractivity contribution in [3.63, 3.8) is 0 Å². The number of rotatable bonds is 3. The fourth-order valence-electron chi connectivity index (χ4n) is 1.14. The van der Waals surface area contributed by atoms with Gasteiger partial charge in [0.1, 0.15) is 0 Å². The minimum absolute atomic E-state index is 0.179. The molecule has 0 aliphatic rings. The van der Waals surface area contributed by atoms with Crippen molar-refractivity contribution in [3.8, 4) is 0 Å². The maximum atomic E-state index is 11.5. The Balaban J connectivity index is 2.54. The molecule has 0 unspecified atom stereocenters. The molecule has 5 heteroatoms. The first-order valence-electron chi connectivity index (χ1n) is 5.31. The van der Waals surface area contributed by atoms with Crippen LogP contribution in [-0.2, 0) is 0 Å². The third kappa shape index (κ3) is 5.06. The molecule has 2 amide bonds. The summed E-state index contributed by atoms with van der Waals surface area (Å²) in [6.45, 7) is 5.31. The zero-order valence-electron chi connectivity index (χ0n) is 10.2. The predicted molar refractivity (Wildman–Crippen MR) is 69.5 cm³/mol. The van der Waals surface area contributed by atoms with Crippen molar-refractivity contribution in [1.82, 2.24) is 5.32 Å². The minimum Gasteiger partial charge on any atom is -0.389 e. The second kappa shape index (κ2) is 5.38. The lowest BCUT2D eigenvalue weighted by Crippen LogP contribution is -2.40. The first kappa shape index (κ1) is 13.8. The summed E-state index contributed by atoms with van der Waals surface area (Å²) in [5.74, 6) is 0. The van der Waals surface area contributed by atoms with Gasteiger partial charge in [0.05, 0.1) is 5.60 Å². The highest BCUT2D eigenvalue weighted by molar-refractivity contribution is 6.31. The molecule has 0 saturated carbocycles. The Bertz CT molecular complexity index is 413. The SMILES string of the molecule is Cc1ccc(NC(=O)NCC(C)(C)O)cc1Cl. The van der Waals surface area contributed by atoms with Gasteiger partial charge in [-0.2, -0.15) is 0 Å². The lowest BCUT2D eigenvalue weighted by Gasteiger charge is -2.18. The highest BCUT2D eigenvalue weighted by atomic mass is 35.5. The molecule has 1 aromatic rings. The van der Waals surface area contributed by atoms with Crippen LogP contribution in [0.2, 0.25) is 5.02 Å². The molecule has 0 saturated heterocycles. The molecule has 0 aromatic heterocycles. The van der Waals surface area contributed by atoms with E-state index in [0.717, 1.165) is 5.56 Å². The molecular weight excluding hydrogens is 240 g/mol. The van der Waals surface area contributed by atoms with Gasteiger partial charge in [-0.25, -0.2) is 4.79 Å². The number of carbonyl (C=O) groups is 1. The molecule has 0 radical (unpaired) electrons. The van der Waals surface area contributed by atoms with Crippen LogP contribution in [0.15, 0.2) is 18.2 Å². The van der Waals surface area contributed by atoms with E-state index in [2.05, 4.69) is 10.6 Å². The Morgan fingerprint density at radius 2 is 2.12 bits per heavy atom. The van der Waals surface area contributed by atoms with E-state index < -0.39 is 5.60 Å². The fraction of sp³-hybridized carbons (Fsp3) is 0.417. The number of aryl methyl sites for hydroxylation is 1. The van der Waals surface area contributed by atoms with Gasteiger partial charge in [0.25, 0.3) is 0 Å².